The number of rotatable bonds is 6. The summed E-state index contributed by atoms with van der Waals surface area (Å²) in [5, 5.41) is 12.0. The molecule has 2 aromatic rings. The summed E-state index contributed by atoms with van der Waals surface area (Å²) in [7, 11) is 4.92. The Labute approximate surface area is 306 Å². The number of ether oxygens (including phenoxy) is 7. The highest BCUT2D eigenvalue weighted by atomic mass is 32.2. The molecule has 2 fully saturated rings. The van der Waals surface area contributed by atoms with Crippen LogP contribution in [-0.4, -0.2) is 105 Å². The number of carbonyl (C=O) groups is 3. The van der Waals surface area contributed by atoms with Gasteiger partial charge in [-0.1, -0.05) is 6.07 Å². The fraction of sp³-hybridized carbons (Fsp3) is 0.543. The van der Waals surface area contributed by atoms with Crippen molar-refractivity contribution in [1.29, 1.82) is 5.26 Å². The van der Waals surface area contributed by atoms with Crippen molar-refractivity contribution in [2.45, 2.75) is 74.9 Å². The molecule has 0 aliphatic carbocycles. The number of amides is 1. The summed E-state index contributed by atoms with van der Waals surface area (Å²) in [5.74, 6) is -2.68. The number of cyclic esters (lactones) is 1. The van der Waals surface area contributed by atoms with Crippen molar-refractivity contribution >= 4 is 29.6 Å². The number of benzene rings is 2. The van der Waals surface area contributed by atoms with Gasteiger partial charge in [-0.3, -0.25) is 19.4 Å². The topological polar surface area (TPSA) is 158 Å². The number of thioether (sulfide) groups is 1. The van der Waals surface area contributed by atoms with E-state index in [-0.39, 0.29) is 31.1 Å². The fourth-order valence-corrected chi connectivity index (χ4v) is 10.1. The number of hydrogen-bond acceptors (Lipinski definition) is 14. The monoisotopic (exact) mass is 762 g/mol. The molecule has 0 spiro atoms. The van der Waals surface area contributed by atoms with E-state index >= 15 is 0 Å². The Morgan fingerprint density at radius 2 is 1.83 bits per heavy atom. The Morgan fingerprint density at radius 3 is 2.49 bits per heavy atom. The van der Waals surface area contributed by atoms with Crippen molar-refractivity contribution in [3.63, 3.8) is 0 Å². The maximum Gasteiger partial charge on any atom is 0.471 e. The molecule has 2 aromatic carbocycles. The molecule has 7 rings (SSSR count). The fourth-order valence-electron chi connectivity index (χ4n) is 8.55. The van der Waals surface area contributed by atoms with Gasteiger partial charge in [0.25, 0.3) is 0 Å². The van der Waals surface area contributed by atoms with Crippen LogP contribution in [0.4, 0.5) is 13.2 Å². The molecule has 1 N–H and O–H groups in total. The lowest BCUT2D eigenvalue weighted by Gasteiger charge is -2.61. The average Bonchev–Trinajstić information content (AvgIpc) is 3.59. The maximum absolute atomic E-state index is 13.5. The summed E-state index contributed by atoms with van der Waals surface area (Å²) in [4.78, 5) is 42.4. The molecule has 284 valence electrons. The van der Waals surface area contributed by atoms with Crippen molar-refractivity contribution in [2.75, 3.05) is 47.2 Å². The molecule has 0 saturated carbocycles. The average molecular weight is 763 g/mol. The van der Waals surface area contributed by atoms with Gasteiger partial charge in [0.1, 0.15) is 24.4 Å². The second-order valence-electron chi connectivity index (χ2n) is 13.4. The van der Waals surface area contributed by atoms with Gasteiger partial charge < -0.3 is 38.5 Å². The van der Waals surface area contributed by atoms with E-state index in [1.807, 2.05) is 24.9 Å². The smallest absolute Gasteiger partial charge is 0.471 e. The van der Waals surface area contributed by atoms with Gasteiger partial charge in [-0.25, -0.2) is 4.79 Å². The number of methoxy groups -OCH3 is 2. The minimum Gasteiger partial charge on any atom is -0.493 e. The summed E-state index contributed by atoms with van der Waals surface area (Å²) in [6.07, 6.45) is -4.83. The van der Waals surface area contributed by atoms with Gasteiger partial charge in [-0.2, -0.15) is 18.4 Å². The number of likely N-dealkylation sites (N-methyl/N-ethyl adjacent to an activating group) is 1. The third kappa shape index (κ3) is 5.88. The number of fused-ring (bicyclic) bond motifs is 9. The molecule has 7 atom stereocenters. The van der Waals surface area contributed by atoms with Crippen molar-refractivity contribution in [1.82, 2.24) is 15.1 Å². The molecule has 14 nitrogen and oxygen atoms in total. The summed E-state index contributed by atoms with van der Waals surface area (Å²) < 4.78 is 81.5. The van der Waals surface area contributed by atoms with Crippen LogP contribution >= 0.6 is 11.8 Å². The van der Waals surface area contributed by atoms with Crippen LogP contribution in [0.3, 0.4) is 0 Å². The molecule has 1 amide bonds. The van der Waals surface area contributed by atoms with Crippen LogP contribution < -0.4 is 29.0 Å². The summed E-state index contributed by atoms with van der Waals surface area (Å²) in [6.45, 7) is 4.12. The second-order valence-corrected chi connectivity index (χ2v) is 14.6. The van der Waals surface area contributed by atoms with Crippen LogP contribution in [0, 0.1) is 25.2 Å². The van der Waals surface area contributed by atoms with Crippen molar-refractivity contribution < 1.29 is 60.7 Å². The summed E-state index contributed by atoms with van der Waals surface area (Å²) in [6, 6.07) is -0.591. The number of hydrogen-bond donors (Lipinski definition) is 1. The predicted octanol–water partition coefficient (Wildman–Crippen LogP) is 3.56. The molecule has 5 heterocycles. The molecule has 0 aromatic heterocycles. The third-order valence-electron chi connectivity index (χ3n) is 10.5. The quantitative estimate of drug-likeness (QED) is 0.259. The minimum atomic E-state index is -5.26. The molecule has 2 saturated heterocycles. The van der Waals surface area contributed by atoms with Gasteiger partial charge in [0.2, 0.25) is 6.79 Å². The largest absolute Gasteiger partial charge is 0.493 e. The number of nitrogens with one attached hydrogen (secondary N) is 1. The first kappa shape index (κ1) is 36.9. The molecular weight excluding hydrogens is 725 g/mol. The first-order chi connectivity index (χ1) is 25.2. The molecule has 1 unspecified atom stereocenters. The minimum absolute atomic E-state index is 0.110. The zero-order valence-electron chi connectivity index (χ0n) is 29.6. The molecule has 4 bridgehead atoms. The highest BCUT2D eigenvalue weighted by molar-refractivity contribution is 7.99. The van der Waals surface area contributed by atoms with Gasteiger partial charge in [0.05, 0.1) is 30.5 Å². The predicted molar refractivity (Wildman–Crippen MR) is 179 cm³/mol. The van der Waals surface area contributed by atoms with E-state index in [1.54, 1.807) is 12.2 Å². The zero-order valence-corrected chi connectivity index (χ0v) is 30.4. The van der Waals surface area contributed by atoms with E-state index in [4.69, 9.17) is 33.2 Å². The SMILES string of the molecule is COCOc1c(OC)c(C)cc2c1[C@@H]1C3[C@@H]4SC[C@H](NC(=O)C(F)(F)F)C(=O)OC[C@@H](c5c6c(c(C)c(OC(C)=O)c54)OCO6)N3[C@@H](C#N)[C@H](C2)N1C. The summed E-state index contributed by atoms with van der Waals surface area (Å²) >= 11 is 1.07. The zero-order chi connectivity index (χ0) is 38.1. The highest BCUT2D eigenvalue weighted by Gasteiger charge is 2.61. The Bertz CT molecular complexity index is 1920. The number of carbonyl (C=O) groups excluding carboxylic acids is 3. The highest BCUT2D eigenvalue weighted by Crippen LogP contribution is 2.64. The van der Waals surface area contributed by atoms with Gasteiger partial charge in [0.15, 0.2) is 29.8 Å². The number of esters is 2. The van der Waals surface area contributed by atoms with E-state index in [2.05, 4.69) is 11.0 Å². The van der Waals surface area contributed by atoms with Crippen LogP contribution in [0.25, 0.3) is 0 Å². The van der Waals surface area contributed by atoms with Crippen molar-refractivity contribution in [3.8, 4) is 34.8 Å². The van der Waals surface area contributed by atoms with Crippen molar-refractivity contribution in [3.05, 3.63) is 39.4 Å². The van der Waals surface area contributed by atoms with E-state index in [0.29, 0.717) is 46.1 Å². The van der Waals surface area contributed by atoms with E-state index in [9.17, 15) is 32.8 Å². The van der Waals surface area contributed by atoms with Crippen molar-refractivity contribution in [2.24, 2.45) is 0 Å². The number of aryl methyl sites for hydroxylation is 1. The number of halogens is 3. The number of nitriles is 1. The molecule has 18 heteroatoms. The maximum atomic E-state index is 13.5. The molecule has 0 radical (unpaired) electrons. The summed E-state index contributed by atoms with van der Waals surface area (Å²) in [5.41, 5.74) is 3.86. The van der Waals surface area contributed by atoms with Crippen LogP contribution in [0.15, 0.2) is 6.07 Å². The number of piperazine rings is 1. The Morgan fingerprint density at radius 1 is 1.09 bits per heavy atom. The van der Waals surface area contributed by atoms with E-state index < -0.39 is 66.1 Å². The lowest BCUT2D eigenvalue weighted by Crippen LogP contribution is -2.69. The lowest BCUT2D eigenvalue weighted by molar-refractivity contribution is -0.176. The second kappa shape index (κ2) is 13.8. The molecule has 53 heavy (non-hydrogen) atoms. The van der Waals surface area contributed by atoms with Gasteiger partial charge in [-0.15, -0.1) is 11.8 Å². The standard InChI is InChI=1S/C35H37F3N4O10S/c1-14-7-17-8-19-20(9-39)42-21-10-48-33(44)18(40-34(45)35(36,37)38)11-53-32(24-23(21)31-29(50-13-51-31)15(2)28(24)52-16(3)43)26(42)25(41(19)4)22(17)30(27(14)47-6)49-12-46-5/h7,18-21,25-26,32H,8,10-13H2,1-6H3,(H,40,45)/t18-,19-,20-,21-,25+,26?,32+/m0/s1. The van der Waals surface area contributed by atoms with Crippen LogP contribution in [0.5, 0.6) is 28.7 Å². The first-order valence-corrected chi connectivity index (χ1v) is 17.8. The molecular formula is C35H37F3N4O10S. The van der Waals surface area contributed by atoms with Crippen LogP contribution in [0.2, 0.25) is 0 Å². The molecule has 5 aliphatic rings. The number of nitrogens with zero attached hydrogens (tertiary/aromatic N) is 3. The molecule has 5 aliphatic heterocycles. The van der Waals surface area contributed by atoms with Crippen LogP contribution in [-0.2, 0) is 30.3 Å². The van der Waals surface area contributed by atoms with Gasteiger partial charge in [-0.05, 0) is 38.4 Å². The Balaban J connectivity index is 1.52. The normalized spacial score (nSPS) is 27.4. The third-order valence-corrected chi connectivity index (χ3v) is 11.9. The van der Waals surface area contributed by atoms with E-state index in [1.165, 1.54) is 21.1 Å². The number of alkyl halides is 3. The first-order valence-electron chi connectivity index (χ1n) is 16.7. The van der Waals surface area contributed by atoms with Gasteiger partial charge >= 0.3 is 24.0 Å². The van der Waals surface area contributed by atoms with Crippen LogP contribution in [0.1, 0.15) is 57.6 Å². The van der Waals surface area contributed by atoms with E-state index in [0.717, 1.165) is 28.5 Å². The Hall–Kier alpha value is -4.44. The Kier molecular flexibility index (Phi) is 9.58. The lowest BCUT2D eigenvalue weighted by atomic mass is 9.71. The van der Waals surface area contributed by atoms with Gasteiger partial charge in [0, 0.05) is 54.1 Å².